The van der Waals surface area contributed by atoms with Gasteiger partial charge in [0.2, 0.25) is 6.79 Å². The van der Waals surface area contributed by atoms with Crippen molar-refractivity contribution in [2.24, 2.45) is 10.7 Å². The van der Waals surface area contributed by atoms with Gasteiger partial charge in [0.25, 0.3) is 5.69 Å². The normalized spacial score (nSPS) is 19.5. The highest BCUT2D eigenvalue weighted by Crippen LogP contribution is 2.50. The van der Waals surface area contributed by atoms with Gasteiger partial charge in [-0.2, -0.15) is 0 Å². The molecule has 5 rings (SSSR count). The van der Waals surface area contributed by atoms with E-state index in [1.807, 2.05) is 18.2 Å². The van der Waals surface area contributed by atoms with Gasteiger partial charge >= 0.3 is 0 Å². The van der Waals surface area contributed by atoms with E-state index in [0.29, 0.717) is 17.3 Å². The van der Waals surface area contributed by atoms with Crippen molar-refractivity contribution < 1.29 is 14.4 Å². The third-order valence-electron chi connectivity index (χ3n) is 5.23. The van der Waals surface area contributed by atoms with Gasteiger partial charge in [-0.1, -0.05) is 30.8 Å². The second-order valence-electron chi connectivity index (χ2n) is 6.94. The maximum absolute atomic E-state index is 11.1. The molecule has 1 atom stereocenters. The van der Waals surface area contributed by atoms with E-state index in [-0.39, 0.29) is 18.5 Å². The first kappa shape index (κ1) is 18.6. The Morgan fingerprint density at radius 2 is 2.07 bits per heavy atom. The number of non-ortho nitro benzene ring substituents is 1. The number of benzene rings is 2. The molecule has 3 aliphatic heterocycles. The molecule has 2 N–H and O–H groups in total. The van der Waals surface area contributed by atoms with Crippen molar-refractivity contribution in [3.05, 3.63) is 80.6 Å². The monoisotopic (exact) mass is 422 g/mol. The summed E-state index contributed by atoms with van der Waals surface area (Å²) in [7, 11) is 0. The minimum absolute atomic E-state index is 0.0247. The number of nitro benzene ring substituents is 1. The van der Waals surface area contributed by atoms with Gasteiger partial charge in [0, 0.05) is 34.4 Å². The molecule has 0 aliphatic carbocycles. The first-order chi connectivity index (χ1) is 14.6. The van der Waals surface area contributed by atoms with Crippen LogP contribution in [0.4, 0.5) is 5.69 Å². The van der Waals surface area contributed by atoms with Crippen LogP contribution in [0.3, 0.4) is 0 Å². The Morgan fingerprint density at radius 3 is 2.80 bits per heavy atom. The number of hydrogen-bond acceptors (Lipinski definition) is 8. The molecule has 2 aromatic carbocycles. The lowest BCUT2D eigenvalue weighted by molar-refractivity contribution is -0.384. The number of para-hydroxylation sites is 1. The Hall–Kier alpha value is -3.46. The molecular weight excluding hydrogens is 404 g/mol. The number of hydrogen-bond donors (Lipinski definition) is 1. The fourth-order valence-electron chi connectivity index (χ4n) is 3.82. The van der Waals surface area contributed by atoms with Gasteiger partial charge in [0.1, 0.15) is 5.82 Å². The highest BCUT2D eigenvalue weighted by Gasteiger charge is 2.39. The van der Waals surface area contributed by atoms with Crippen LogP contribution < -0.4 is 15.2 Å². The van der Waals surface area contributed by atoms with Crippen LogP contribution in [0.2, 0.25) is 0 Å². The van der Waals surface area contributed by atoms with Crippen molar-refractivity contribution in [3.8, 4) is 11.5 Å². The number of fused-ring (bicyclic) bond motifs is 2. The molecule has 0 aromatic heterocycles. The van der Waals surface area contributed by atoms with Crippen LogP contribution in [0.15, 0.2) is 64.4 Å². The number of ether oxygens (including phenoxy) is 2. The molecule has 9 heteroatoms. The van der Waals surface area contributed by atoms with Crippen molar-refractivity contribution in [1.82, 2.24) is 4.90 Å². The highest BCUT2D eigenvalue weighted by molar-refractivity contribution is 8.17. The zero-order valence-electron chi connectivity index (χ0n) is 16.1. The van der Waals surface area contributed by atoms with Gasteiger partial charge in [-0.05, 0) is 30.2 Å². The average molecular weight is 422 g/mol. The summed E-state index contributed by atoms with van der Waals surface area (Å²) in [6.07, 6.45) is 2.97. The van der Waals surface area contributed by atoms with Crippen LogP contribution in [0.25, 0.3) is 5.57 Å². The fourth-order valence-corrected chi connectivity index (χ4v) is 4.77. The van der Waals surface area contributed by atoms with Crippen LogP contribution in [0, 0.1) is 10.1 Å². The number of amidine groups is 1. The number of allylic oxidation sites excluding steroid dienone is 1. The van der Waals surface area contributed by atoms with Gasteiger partial charge in [0.15, 0.2) is 16.7 Å². The third-order valence-corrected chi connectivity index (χ3v) is 6.37. The molecule has 0 bridgehead atoms. The molecule has 1 unspecified atom stereocenters. The van der Waals surface area contributed by atoms with Crippen LogP contribution in [-0.2, 0) is 0 Å². The van der Waals surface area contributed by atoms with E-state index in [1.165, 1.54) is 17.0 Å². The van der Waals surface area contributed by atoms with Crippen LogP contribution in [0.5, 0.6) is 11.5 Å². The van der Waals surface area contributed by atoms with Crippen LogP contribution in [-0.4, -0.2) is 21.8 Å². The SMILES string of the molecule is CCC1=CN2C(=NC(N)=C(c3ccc([N+](=O)[O-])cc3)C2c2cccc3c2OCO3)S1. The van der Waals surface area contributed by atoms with E-state index < -0.39 is 4.92 Å². The topological polar surface area (TPSA) is 103 Å². The van der Waals surface area contributed by atoms with Gasteiger partial charge < -0.3 is 20.1 Å². The number of nitrogens with zero attached hydrogens (tertiary/aromatic N) is 3. The van der Waals surface area contributed by atoms with Crippen molar-refractivity contribution >= 4 is 28.2 Å². The largest absolute Gasteiger partial charge is 0.454 e. The first-order valence-electron chi connectivity index (χ1n) is 9.45. The smallest absolute Gasteiger partial charge is 0.269 e. The molecule has 0 spiro atoms. The zero-order valence-corrected chi connectivity index (χ0v) is 16.9. The lowest BCUT2D eigenvalue weighted by Gasteiger charge is -2.34. The Bertz CT molecular complexity index is 1140. The molecule has 3 aliphatic rings. The number of nitrogens with two attached hydrogens (primary N) is 1. The number of thioether (sulfide) groups is 1. The maximum Gasteiger partial charge on any atom is 0.269 e. The second-order valence-corrected chi connectivity index (χ2v) is 8.03. The van der Waals surface area contributed by atoms with E-state index in [0.717, 1.165) is 28.3 Å². The summed E-state index contributed by atoms with van der Waals surface area (Å²) in [4.78, 5) is 18.6. The van der Waals surface area contributed by atoms with Crippen LogP contribution in [0.1, 0.15) is 30.5 Å². The lowest BCUT2D eigenvalue weighted by Crippen LogP contribution is -2.32. The summed E-state index contributed by atoms with van der Waals surface area (Å²) < 4.78 is 11.4. The Morgan fingerprint density at radius 1 is 1.27 bits per heavy atom. The summed E-state index contributed by atoms with van der Waals surface area (Å²) in [5.41, 5.74) is 8.92. The standard InChI is InChI=1S/C21H18N4O4S/c1-2-14-10-24-18(15-4-3-5-16-19(15)29-11-28-16)17(20(22)23-21(24)30-14)12-6-8-13(9-7-12)25(26)27/h3-10,18H,2,11,22H2,1H3. The Labute approximate surface area is 176 Å². The quantitative estimate of drug-likeness (QED) is 0.577. The maximum atomic E-state index is 11.1. The molecule has 0 radical (unpaired) electrons. The third kappa shape index (κ3) is 2.89. The molecule has 0 saturated carbocycles. The van der Waals surface area contributed by atoms with E-state index >= 15 is 0 Å². The number of nitro groups is 1. The number of aliphatic imine (C=N–C) groups is 1. The second kappa shape index (κ2) is 7.10. The Balaban J connectivity index is 1.69. The van der Waals surface area contributed by atoms with E-state index in [4.69, 9.17) is 15.2 Å². The summed E-state index contributed by atoms with van der Waals surface area (Å²) in [5.74, 6) is 1.75. The summed E-state index contributed by atoms with van der Waals surface area (Å²) in [6, 6.07) is 11.9. The Kier molecular flexibility index (Phi) is 4.39. The zero-order chi connectivity index (χ0) is 20.8. The highest BCUT2D eigenvalue weighted by atomic mass is 32.2. The van der Waals surface area contributed by atoms with Crippen molar-refractivity contribution in [2.45, 2.75) is 19.4 Å². The average Bonchev–Trinajstić information content (AvgIpc) is 3.39. The minimum atomic E-state index is -0.418. The van der Waals surface area contributed by atoms with Crippen LogP contribution >= 0.6 is 11.8 Å². The van der Waals surface area contributed by atoms with E-state index in [9.17, 15) is 10.1 Å². The molecule has 152 valence electrons. The van der Waals surface area contributed by atoms with Gasteiger partial charge in [-0.15, -0.1) is 0 Å². The van der Waals surface area contributed by atoms with E-state index in [2.05, 4.69) is 23.0 Å². The molecule has 3 heterocycles. The fraction of sp³-hybridized carbons (Fsp3) is 0.190. The number of rotatable bonds is 4. The van der Waals surface area contributed by atoms with Crippen molar-refractivity contribution in [2.75, 3.05) is 6.79 Å². The predicted molar refractivity (Wildman–Crippen MR) is 115 cm³/mol. The molecular formula is C21H18N4O4S. The van der Waals surface area contributed by atoms with E-state index in [1.54, 1.807) is 23.9 Å². The van der Waals surface area contributed by atoms with Gasteiger partial charge in [0.05, 0.1) is 11.0 Å². The molecule has 0 fully saturated rings. The minimum Gasteiger partial charge on any atom is -0.454 e. The summed E-state index contributed by atoms with van der Waals surface area (Å²) in [5, 5.41) is 11.9. The molecule has 30 heavy (non-hydrogen) atoms. The van der Waals surface area contributed by atoms with Gasteiger partial charge in [-0.3, -0.25) is 10.1 Å². The van der Waals surface area contributed by atoms with Crippen molar-refractivity contribution in [3.63, 3.8) is 0 Å². The van der Waals surface area contributed by atoms with Gasteiger partial charge in [-0.25, -0.2) is 4.99 Å². The molecule has 0 saturated heterocycles. The lowest BCUT2D eigenvalue weighted by atomic mass is 9.90. The molecule has 0 amide bonds. The molecule has 8 nitrogen and oxygen atoms in total. The first-order valence-corrected chi connectivity index (χ1v) is 10.3. The summed E-state index contributed by atoms with van der Waals surface area (Å²) >= 11 is 1.60. The predicted octanol–water partition coefficient (Wildman–Crippen LogP) is 4.36. The molecule has 2 aromatic rings. The van der Waals surface area contributed by atoms with Crippen molar-refractivity contribution in [1.29, 1.82) is 0 Å². The summed E-state index contributed by atoms with van der Waals surface area (Å²) in [6.45, 7) is 2.26.